The maximum atomic E-state index is 13.2. The number of benzene rings is 3. The lowest BCUT2D eigenvalue weighted by Crippen LogP contribution is -2.32. The van der Waals surface area contributed by atoms with Gasteiger partial charge in [-0.25, -0.2) is 8.42 Å². The summed E-state index contributed by atoms with van der Waals surface area (Å²) in [5.74, 6) is 0.340. The van der Waals surface area contributed by atoms with Gasteiger partial charge in [0.05, 0.1) is 4.90 Å². The molecule has 0 saturated heterocycles. The first kappa shape index (κ1) is 23.3. The number of sulfonamides is 1. The van der Waals surface area contributed by atoms with Crippen LogP contribution in [0.1, 0.15) is 32.6 Å². The Bertz CT molecular complexity index is 1290. The molecule has 3 aromatic rings. The number of rotatable bonds is 5. The fourth-order valence-corrected chi connectivity index (χ4v) is 5.26. The summed E-state index contributed by atoms with van der Waals surface area (Å²) in [7, 11) is -3.78. The Morgan fingerprint density at radius 3 is 2.55 bits per heavy atom. The molecule has 1 amide bonds. The molecule has 3 aromatic carbocycles. The minimum absolute atomic E-state index is 0.0994. The van der Waals surface area contributed by atoms with Crippen molar-refractivity contribution >= 4 is 27.5 Å². The van der Waals surface area contributed by atoms with Gasteiger partial charge >= 0.3 is 0 Å². The summed E-state index contributed by atoms with van der Waals surface area (Å²) in [5.41, 5.74) is 4.05. The first-order chi connectivity index (χ1) is 15.7. The molecule has 0 fully saturated rings. The summed E-state index contributed by atoms with van der Waals surface area (Å²) in [5, 5.41) is 3.31. The van der Waals surface area contributed by atoms with Gasteiger partial charge < -0.3 is 10.1 Å². The molecule has 6 nitrogen and oxygen atoms in total. The Kier molecular flexibility index (Phi) is 6.74. The third-order valence-electron chi connectivity index (χ3n) is 5.62. The van der Waals surface area contributed by atoms with Gasteiger partial charge in [0.15, 0.2) is 0 Å². The molecule has 0 radical (unpaired) electrons. The average molecular weight is 485 g/mol. The van der Waals surface area contributed by atoms with E-state index >= 15 is 0 Å². The Morgan fingerprint density at radius 2 is 1.82 bits per heavy atom. The van der Waals surface area contributed by atoms with E-state index in [-0.39, 0.29) is 30.5 Å². The predicted octanol–water partition coefficient (Wildman–Crippen LogP) is 4.47. The van der Waals surface area contributed by atoms with Crippen molar-refractivity contribution in [2.75, 3.05) is 13.2 Å². The van der Waals surface area contributed by atoms with Crippen molar-refractivity contribution < 1.29 is 17.9 Å². The van der Waals surface area contributed by atoms with Gasteiger partial charge in [0.2, 0.25) is 10.0 Å². The van der Waals surface area contributed by atoms with E-state index in [2.05, 4.69) is 5.32 Å². The highest BCUT2D eigenvalue weighted by atomic mass is 35.5. The standard InChI is InChI=1S/C25H25ClN2O4S/c1-17-3-6-19(7-4-17)15-27-25(29)20-8-10-24-21(13-20)16-28(11-12-32-24)33(30,31)22-9-5-18(2)23(26)14-22/h3-10,13-14H,11-12,15-16H2,1-2H3,(H,27,29). The molecule has 0 aromatic heterocycles. The van der Waals surface area contributed by atoms with Gasteiger partial charge in [0.1, 0.15) is 12.4 Å². The topological polar surface area (TPSA) is 75.7 Å². The lowest BCUT2D eigenvalue weighted by molar-refractivity contribution is 0.0950. The first-order valence-electron chi connectivity index (χ1n) is 10.6. The van der Waals surface area contributed by atoms with E-state index in [4.69, 9.17) is 16.3 Å². The van der Waals surface area contributed by atoms with Gasteiger partial charge in [-0.15, -0.1) is 0 Å². The number of aryl methyl sites for hydroxylation is 2. The van der Waals surface area contributed by atoms with Crippen LogP contribution in [0.4, 0.5) is 0 Å². The summed E-state index contributed by atoms with van der Waals surface area (Å²) in [6.07, 6.45) is 0. The number of carbonyl (C=O) groups excluding carboxylic acids is 1. The van der Waals surface area contributed by atoms with E-state index in [1.54, 1.807) is 30.3 Å². The zero-order chi connectivity index (χ0) is 23.6. The fourth-order valence-electron chi connectivity index (χ4n) is 3.59. The van der Waals surface area contributed by atoms with Crippen LogP contribution in [0.5, 0.6) is 5.75 Å². The minimum Gasteiger partial charge on any atom is -0.492 e. The van der Waals surface area contributed by atoms with Gasteiger partial charge in [-0.2, -0.15) is 4.31 Å². The van der Waals surface area contributed by atoms with E-state index in [0.717, 1.165) is 16.7 Å². The number of fused-ring (bicyclic) bond motifs is 1. The van der Waals surface area contributed by atoms with Gasteiger partial charge in [0, 0.05) is 35.8 Å². The van der Waals surface area contributed by atoms with Gasteiger partial charge in [-0.1, -0.05) is 47.5 Å². The largest absolute Gasteiger partial charge is 0.492 e. The number of hydrogen-bond donors (Lipinski definition) is 1. The normalized spacial score (nSPS) is 14.2. The summed E-state index contributed by atoms with van der Waals surface area (Å²) in [4.78, 5) is 12.9. The molecule has 1 heterocycles. The van der Waals surface area contributed by atoms with E-state index in [9.17, 15) is 13.2 Å². The number of halogens is 1. The molecule has 1 N–H and O–H groups in total. The lowest BCUT2D eigenvalue weighted by atomic mass is 10.1. The van der Waals surface area contributed by atoms with Gasteiger partial charge in [-0.3, -0.25) is 4.79 Å². The van der Waals surface area contributed by atoms with Crippen molar-refractivity contribution in [1.29, 1.82) is 0 Å². The molecule has 0 bridgehead atoms. The van der Waals surface area contributed by atoms with Crippen LogP contribution in [0.15, 0.2) is 65.6 Å². The number of nitrogens with zero attached hydrogens (tertiary/aromatic N) is 1. The first-order valence-corrected chi connectivity index (χ1v) is 12.4. The molecule has 172 valence electrons. The SMILES string of the molecule is Cc1ccc(CNC(=O)c2ccc3c(c2)CN(S(=O)(=O)c2ccc(C)c(Cl)c2)CCO3)cc1. The van der Waals surface area contributed by atoms with E-state index in [1.807, 2.05) is 38.1 Å². The molecule has 1 aliphatic heterocycles. The zero-order valence-corrected chi connectivity index (χ0v) is 20.0. The number of amides is 1. The Balaban J connectivity index is 1.53. The van der Waals surface area contributed by atoms with Gasteiger partial charge in [0.25, 0.3) is 5.91 Å². The van der Waals surface area contributed by atoms with Crippen molar-refractivity contribution in [3.8, 4) is 5.75 Å². The maximum absolute atomic E-state index is 13.2. The maximum Gasteiger partial charge on any atom is 0.251 e. The molecule has 33 heavy (non-hydrogen) atoms. The van der Waals surface area contributed by atoms with Crippen molar-refractivity contribution in [3.63, 3.8) is 0 Å². The number of ether oxygens (including phenoxy) is 1. The summed E-state index contributed by atoms with van der Waals surface area (Å²) in [6, 6.07) is 17.7. The van der Waals surface area contributed by atoms with Gasteiger partial charge in [-0.05, 0) is 55.3 Å². The van der Waals surface area contributed by atoms with Crippen LogP contribution in [0.25, 0.3) is 0 Å². The summed E-state index contributed by atoms with van der Waals surface area (Å²) < 4.78 is 33.6. The highest BCUT2D eigenvalue weighted by molar-refractivity contribution is 7.89. The third-order valence-corrected chi connectivity index (χ3v) is 7.87. The fraction of sp³-hybridized carbons (Fsp3) is 0.240. The Morgan fingerprint density at radius 1 is 1.06 bits per heavy atom. The van der Waals surface area contributed by atoms with Crippen LogP contribution in [0.2, 0.25) is 5.02 Å². The highest BCUT2D eigenvalue weighted by Gasteiger charge is 2.28. The number of carbonyl (C=O) groups is 1. The molecule has 8 heteroatoms. The number of nitrogens with one attached hydrogen (secondary N) is 1. The third kappa shape index (κ3) is 5.21. The summed E-state index contributed by atoms with van der Waals surface area (Å²) >= 11 is 6.16. The quantitative estimate of drug-likeness (QED) is 0.579. The van der Waals surface area contributed by atoms with Crippen molar-refractivity contribution in [3.05, 3.63) is 93.5 Å². The van der Waals surface area contributed by atoms with Crippen molar-refractivity contribution in [1.82, 2.24) is 9.62 Å². The van der Waals surface area contributed by atoms with Crippen molar-refractivity contribution in [2.24, 2.45) is 0 Å². The van der Waals surface area contributed by atoms with Crippen LogP contribution in [-0.2, 0) is 23.1 Å². The van der Waals surface area contributed by atoms with Crippen LogP contribution >= 0.6 is 11.6 Å². The molecule has 0 saturated carbocycles. The lowest BCUT2D eigenvalue weighted by Gasteiger charge is -2.20. The smallest absolute Gasteiger partial charge is 0.251 e. The Labute approximate surface area is 199 Å². The molecule has 0 aliphatic carbocycles. The number of hydrogen-bond acceptors (Lipinski definition) is 4. The average Bonchev–Trinajstić information content (AvgIpc) is 3.02. The van der Waals surface area contributed by atoms with E-state index < -0.39 is 10.0 Å². The molecule has 4 rings (SSSR count). The monoisotopic (exact) mass is 484 g/mol. The Hall–Kier alpha value is -2.87. The van der Waals surface area contributed by atoms with Crippen LogP contribution < -0.4 is 10.1 Å². The summed E-state index contributed by atoms with van der Waals surface area (Å²) in [6.45, 7) is 4.74. The molecule has 0 spiro atoms. The highest BCUT2D eigenvalue weighted by Crippen LogP contribution is 2.29. The van der Waals surface area contributed by atoms with Crippen LogP contribution in [0, 0.1) is 13.8 Å². The zero-order valence-electron chi connectivity index (χ0n) is 18.5. The molecule has 0 unspecified atom stereocenters. The molecule has 0 atom stereocenters. The van der Waals surface area contributed by atoms with E-state index in [1.165, 1.54) is 10.4 Å². The predicted molar refractivity (Wildman–Crippen MR) is 128 cm³/mol. The molecular weight excluding hydrogens is 460 g/mol. The molecule has 1 aliphatic rings. The van der Waals surface area contributed by atoms with Crippen LogP contribution in [-0.4, -0.2) is 31.8 Å². The van der Waals surface area contributed by atoms with Crippen molar-refractivity contribution in [2.45, 2.75) is 31.8 Å². The second-order valence-corrected chi connectivity index (χ2v) is 10.4. The van der Waals surface area contributed by atoms with Crippen LogP contribution in [0.3, 0.4) is 0 Å². The second-order valence-electron chi connectivity index (χ2n) is 8.09. The van der Waals surface area contributed by atoms with E-state index in [0.29, 0.717) is 28.4 Å². The minimum atomic E-state index is -3.78. The second kappa shape index (κ2) is 9.55. The molecular formula is C25H25ClN2O4S.